The Hall–Kier alpha value is -0.940. The summed E-state index contributed by atoms with van der Waals surface area (Å²) >= 11 is 1.92. The van der Waals surface area contributed by atoms with E-state index in [4.69, 9.17) is 5.26 Å². The minimum Gasteiger partial charge on any atom is -0.198 e. The van der Waals surface area contributed by atoms with Crippen LogP contribution in [0.4, 0.5) is 0 Å². The maximum Gasteiger partial charge on any atom is 0.0670 e. The molecule has 1 aromatic rings. The molecule has 2 heteroatoms. The Morgan fingerprint density at radius 3 is 2.85 bits per heavy atom. The summed E-state index contributed by atoms with van der Waals surface area (Å²) in [4.78, 5) is 1.30. The van der Waals surface area contributed by atoms with E-state index in [-0.39, 0.29) is 0 Å². The molecule has 0 saturated heterocycles. The van der Waals surface area contributed by atoms with Crippen LogP contribution in [0.1, 0.15) is 18.4 Å². The number of nitriles is 1. The highest BCUT2D eigenvalue weighted by Gasteiger charge is 2.23. The molecule has 0 N–H and O–H groups in total. The van der Waals surface area contributed by atoms with Crippen molar-refractivity contribution in [3.8, 4) is 6.07 Å². The van der Waals surface area contributed by atoms with Gasteiger partial charge in [0.05, 0.1) is 12.5 Å². The molecule has 0 unspecified atom stereocenters. The van der Waals surface area contributed by atoms with Crippen LogP contribution in [0.5, 0.6) is 0 Å². The van der Waals surface area contributed by atoms with Gasteiger partial charge in [0.25, 0.3) is 0 Å². The van der Waals surface area contributed by atoms with Crippen molar-refractivity contribution in [2.75, 3.05) is 0 Å². The second kappa shape index (κ2) is 3.85. The second-order valence-corrected chi connectivity index (χ2v) is 4.60. The van der Waals surface area contributed by atoms with Crippen molar-refractivity contribution in [2.24, 2.45) is 0 Å². The molecule has 0 spiro atoms. The zero-order valence-corrected chi connectivity index (χ0v) is 8.18. The van der Waals surface area contributed by atoms with Crippen molar-refractivity contribution in [2.45, 2.75) is 29.4 Å². The minimum absolute atomic E-state index is 0.538. The quantitative estimate of drug-likeness (QED) is 0.729. The van der Waals surface area contributed by atoms with Crippen molar-refractivity contribution >= 4 is 11.8 Å². The molecule has 1 fully saturated rings. The van der Waals surface area contributed by atoms with Crippen molar-refractivity contribution in [3.63, 3.8) is 0 Å². The molecule has 0 heterocycles. The van der Waals surface area contributed by atoms with Gasteiger partial charge in [-0.3, -0.25) is 0 Å². The van der Waals surface area contributed by atoms with Crippen molar-refractivity contribution < 1.29 is 0 Å². The van der Waals surface area contributed by atoms with E-state index in [1.165, 1.54) is 23.3 Å². The van der Waals surface area contributed by atoms with Gasteiger partial charge >= 0.3 is 0 Å². The highest BCUT2D eigenvalue weighted by molar-refractivity contribution is 8.00. The van der Waals surface area contributed by atoms with Crippen LogP contribution in [0, 0.1) is 11.3 Å². The van der Waals surface area contributed by atoms with Gasteiger partial charge in [-0.1, -0.05) is 18.2 Å². The number of thioether (sulfide) groups is 1. The predicted molar refractivity (Wildman–Crippen MR) is 54.6 cm³/mol. The summed E-state index contributed by atoms with van der Waals surface area (Å²) in [5, 5.41) is 9.45. The first-order chi connectivity index (χ1) is 6.40. The van der Waals surface area contributed by atoms with Crippen LogP contribution in [0.2, 0.25) is 0 Å². The molecule has 1 saturated carbocycles. The van der Waals surface area contributed by atoms with Crippen LogP contribution < -0.4 is 0 Å². The normalized spacial score (nSPS) is 15.3. The fourth-order valence-corrected chi connectivity index (χ4v) is 2.40. The van der Waals surface area contributed by atoms with Crippen LogP contribution in [-0.2, 0) is 6.42 Å². The standard InChI is InChI=1S/C11H11NS/c12-8-7-9-3-1-2-4-11(9)13-10-5-6-10/h1-4,10H,5-7H2. The summed E-state index contributed by atoms with van der Waals surface area (Å²) in [5.41, 5.74) is 1.18. The molecule has 1 nitrogen and oxygen atoms in total. The first kappa shape index (κ1) is 8.65. The Kier molecular flexibility index (Phi) is 2.56. The van der Waals surface area contributed by atoms with Crippen LogP contribution in [0.3, 0.4) is 0 Å². The van der Waals surface area contributed by atoms with E-state index in [0.717, 1.165) is 5.25 Å². The molecule has 0 amide bonds. The molecule has 66 valence electrons. The molecular weight excluding hydrogens is 178 g/mol. The first-order valence-electron chi connectivity index (χ1n) is 4.51. The SMILES string of the molecule is N#CCc1ccccc1SC1CC1. The fraction of sp³-hybridized carbons (Fsp3) is 0.364. The number of hydrogen-bond donors (Lipinski definition) is 0. The van der Waals surface area contributed by atoms with E-state index in [1.54, 1.807) is 0 Å². The second-order valence-electron chi connectivity index (χ2n) is 3.26. The maximum atomic E-state index is 8.63. The lowest BCUT2D eigenvalue weighted by molar-refractivity contribution is 1.18. The van der Waals surface area contributed by atoms with Gasteiger partial charge in [-0.15, -0.1) is 11.8 Å². The Morgan fingerprint density at radius 1 is 1.38 bits per heavy atom. The summed E-state index contributed by atoms with van der Waals surface area (Å²) < 4.78 is 0. The molecule has 1 aliphatic carbocycles. The van der Waals surface area contributed by atoms with E-state index in [9.17, 15) is 0 Å². The topological polar surface area (TPSA) is 23.8 Å². The molecule has 0 aliphatic heterocycles. The lowest BCUT2D eigenvalue weighted by Gasteiger charge is -2.04. The van der Waals surface area contributed by atoms with E-state index in [1.807, 2.05) is 30.0 Å². The van der Waals surface area contributed by atoms with Gasteiger partial charge in [-0.05, 0) is 24.5 Å². The first-order valence-corrected chi connectivity index (χ1v) is 5.39. The number of rotatable bonds is 3. The summed E-state index contributed by atoms with van der Waals surface area (Å²) in [6, 6.07) is 10.4. The average molecular weight is 189 g/mol. The third kappa shape index (κ3) is 2.26. The molecule has 1 aromatic carbocycles. The van der Waals surface area contributed by atoms with Crippen LogP contribution in [0.15, 0.2) is 29.2 Å². The van der Waals surface area contributed by atoms with Gasteiger partial charge in [0.1, 0.15) is 0 Å². The number of benzene rings is 1. The summed E-state index contributed by atoms with van der Waals surface area (Å²) in [6.45, 7) is 0. The molecule has 13 heavy (non-hydrogen) atoms. The highest BCUT2D eigenvalue weighted by atomic mass is 32.2. The average Bonchev–Trinajstić information content (AvgIpc) is 2.93. The summed E-state index contributed by atoms with van der Waals surface area (Å²) in [6.07, 6.45) is 3.22. The molecule has 1 aliphatic rings. The van der Waals surface area contributed by atoms with Crippen molar-refractivity contribution in [3.05, 3.63) is 29.8 Å². The fourth-order valence-electron chi connectivity index (χ4n) is 1.22. The molecule has 2 rings (SSSR count). The van der Waals surface area contributed by atoms with Gasteiger partial charge < -0.3 is 0 Å². The summed E-state index contributed by atoms with van der Waals surface area (Å²) in [5.74, 6) is 0. The van der Waals surface area contributed by atoms with E-state index in [2.05, 4.69) is 12.1 Å². The van der Waals surface area contributed by atoms with E-state index >= 15 is 0 Å². The van der Waals surface area contributed by atoms with Crippen LogP contribution >= 0.6 is 11.8 Å². The Labute approximate surface area is 82.8 Å². The minimum atomic E-state index is 0.538. The zero-order valence-electron chi connectivity index (χ0n) is 7.36. The molecule has 0 atom stereocenters. The third-order valence-corrected chi connectivity index (χ3v) is 3.52. The van der Waals surface area contributed by atoms with Crippen LogP contribution in [0.25, 0.3) is 0 Å². The molecule has 0 aromatic heterocycles. The molecule has 0 radical (unpaired) electrons. The molecule has 0 bridgehead atoms. The van der Waals surface area contributed by atoms with Gasteiger partial charge in [-0.25, -0.2) is 0 Å². The largest absolute Gasteiger partial charge is 0.198 e. The van der Waals surface area contributed by atoms with Gasteiger partial charge in [0.15, 0.2) is 0 Å². The summed E-state index contributed by atoms with van der Waals surface area (Å²) in [7, 11) is 0. The lowest BCUT2D eigenvalue weighted by Crippen LogP contribution is -1.86. The Bertz CT molecular complexity index is 336. The van der Waals surface area contributed by atoms with Gasteiger partial charge in [-0.2, -0.15) is 5.26 Å². The van der Waals surface area contributed by atoms with Gasteiger partial charge in [0, 0.05) is 10.1 Å². The van der Waals surface area contributed by atoms with Crippen molar-refractivity contribution in [1.29, 1.82) is 5.26 Å². The monoisotopic (exact) mass is 189 g/mol. The lowest BCUT2D eigenvalue weighted by atomic mass is 10.2. The highest BCUT2D eigenvalue weighted by Crippen LogP contribution is 2.40. The number of hydrogen-bond acceptors (Lipinski definition) is 2. The maximum absolute atomic E-state index is 8.63. The Balaban J connectivity index is 2.16. The molecular formula is C11H11NS. The number of nitrogens with zero attached hydrogens (tertiary/aromatic N) is 1. The van der Waals surface area contributed by atoms with Gasteiger partial charge in [0.2, 0.25) is 0 Å². The zero-order chi connectivity index (χ0) is 9.10. The van der Waals surface area contributed by atoms with E-state index < -0.39 is 0 Å². The van der Waals surface area contributed by atoms with Crippen LogP contribution in [-0.4, -0.2) is 5.25 Å². The van der Waals surface area contributed by atoms with E-state index in [0.29, 0.717) is 6.42 Å². The van der Waals surface area contributed by atoms with Crippen molar-refractivity contribution in [1.82, 2.24) is 0 Å². The smallest absolute Gasteiger partial charge is 0.0670 e. The Morgan fingerprint density at radius 2 is 2.15 bits per heavy atom. The predicted octanol–water partition coefficient (Wildman–Crippen LogP) is 3.01. The third-order valence-electron chi connectivity index (χ3n) is 2.06.